The maximum Gasteiger partial charge on any atom is 0.153 e. The van der Waals surface area contributed by atoms with Gasteiger partial charge in [-0.3, -0.25) is 4.98 Å². The SMILES string of the molecule is COCc1cccc(Oc2ccc(N)c3cccnc23)c1. The molecule has 0 fully saturated rings. The summed E-state index contributed by atoms with van der Waals surface area (Å²) in [6, 6.07) is 15.3. The molecule has 0 spiro atoms. The summed E-state index contributed by atoms with van der Waals surface area (Å²) in [5.41, 5.74) is 8.48. The van der Waals surface area contributed by atoms with Crippen molar-refractivity contribution in [1.29, 1.82) is 0 Å². The van der Waals surface area contributed by atoms with E-state index in [9.17, 15) is 0 Å². The summed E-state index contributed by atoms with van der Waals surface area (Å²) in [6.45, 7) is 0.554. The molecule has 0 aliphatic heterocycles. The van der Waals surface area contributed by atoms with Crippen LogP contribution in [0.3, 0.4) is 0 Å². The van der Waals surface area contributed by atoms with Gasteiger partial charge in [0.05, 0.1) is 6.61 Å². The third kappa shape index (κ3) is 2.80. The molecule has 1 heterocycles. The van der Waals surface area contributed by atoms with Gasteiger partial charge in [-0.1, -0.05) is 12.1 Å². The van der Waals surface area contributed by atoms with Crippen LogP contribution in [-0.2, 0) is 11.3 Å². The average Bonchev–Trinajstić information content (AvgIpc) is 2.51. The molecule has 4 nitrogen and oxygen atoms in total. The number of benzene rings is 2. The Morgan fingerprint density at radius 3 is 2.86 bits per heavy atom. The highest BCUT2D eigenvalue weighted by atomic mass is 16.5. The minimum absolute atomic E-state index is 0.554. The smallest absolute Gasteiger partial charge is 0.153 e. The first-order chi connectivity index (χ1) is 10.3. The minimum atomic E-state index is 0.554. The van der Waals surface area contributed by atoms with Crippen molar-refractivity contribution in [1.82, 2.24) is 4.98 Å². The van der Waals surface area contributed by atoms with Crippen molar-refractivity contribution in [2.24, 2.45) is 0 Å². The molecule has 0 atom stereocenters. The fourth-order valence-electron chi connectivity index (χ4n) is 2.24. The standard InChI is InChI=1S/C17H16N2O2/c1-20-11-12-4-2-5-13(10-12)21-16-8-7-15(18)14-6-3-9-19-17(14)16/h2-10H,11,18H2,1H3. The van der Waals surface area contributed by atoms with Crippen LogP contribution < -0.4 is 10.5 Å². The van der Waals surface area contributed by atoms with E-state index in [4.69, 9.17) is 15.2 Å². The quantitative estimate of drug-likeness (QED) is 0.739. The second kappa shape index (κ2) is 5.81. The maximum absolute atomic E-state index is 5.97. The predicted molar refractivity (Wildman–Crippen MR) is 83.4 cm³/mol. The molecule has 3 aromatic rings. The molecule has 0 saturated heterocycles. The van der Waals surface area contributed by atoms with Gasteiger partial charge < -0.3 is 15.2 Å². The second-order valence-electron chi connectivity index (χ2n) is 4.73. The van der Waals surface area contributed by atoms with Crippen LogP contribution in [0.4, 0.5) is 5.69 Å². The Bertz CT molecular complexity index is 772. The van der Waals surface area contributed by atoms with Crippen LogP contribution in [0.1, 0.15) is 5.56 Å². The van der Waals surface area contributed by atoms with E-state index in [0.29, 0.717) is 18.0 Å². The Kier molecular flexibility index (Phi) is 3.71. The number of ether oxygens (including phenoxy) is 2. The number of methoxy groups -OCH3 is 1. The summed E-state index contributed by atoms with van der Waals surface area (Å²) in [6.07, 6.45) is 1.73. The van der Waals surface area contributed by atoms with Gasteiger partial charge in [0.15, 0.2) is 5.75 Å². The first-order valence-electron chi connectivity index (χ1n) is 6.67. The lowest BCUT2D eigenvalue weighted by Gasteiger charge is -2.10. The summed E-state index contributed by atoms with van der Waals surface area (Å²) in [4.78, 5) is 4.37. The highest BCUT2D eigenvalue weighted by molar-refractivity contribution is 5.94. The summed E-state index contributed by atoms with van der Waals surface area (Å²) in [5.74, 6) is 1.44. The molecule has 3 rings (SSSR count). The molecule has 2 N–H and O–H groups in total. The summed E-state index contributed by atoms with van der Waals surface area (Å²) in [7, 11) is 1.67. The van der Waals surface area contributed by atoms with Crippen LogP contribution in [0.15, 0.2) is 54.7 Å². The molecule has 0 amide bonds. The fraction of sp³-hybridized carbons (Fsp3) is 0.118. The molecule has 2 aromatic carbocycles. The van der Waals surface area contributed by atoms with Gasteiger partial charge >= 0.3 is 0 Å². The molecular weight excluding hydrogens is 264 g/mol. The predicted octanol–water partition coefficient (Wildman–Crippen LogP) is 3.76. The van der Waals surface area contributed by atoms with E-state index in [1.807, 2.05) is 48.5 Å². The lowest BCUT2D eigenvalue weighted by Crippen LogP contribution is -1.93. The lowest BCUT2D eigenvalue weighted by atomic mass is 10.1. The van der Waals surface area contributed by atoms with Gasteiger partial charge in [-0.15, -0.1) is 0 Å². The Morgan fingerprint density at radius 2 is 2.00 bits per heavy atom. The van der Waals surface area contributed by atoms with Crippen LogP contribution in [0.25, 0.3) is 10.9 Å². The monoisotopic (exact) mass is 280 g/mol. The number of pyridine rings is 1. The first-order valence-corrected chi connectivity index (χ1v) is 6.67. The number of nitrogen functional groups attached to an aromatic ring is 1. The molecule has 0 radical (unpaired) electrons. The van der Waals surface area contributed by atoms with Crippen molar-refractivity contribution < 1.29 is 9.47 Å². The number of anilines is 1. The number of rotatable bonds is 4. The van der Waals surface area contributed by atoms with Crippen LogP contribution >= 0.6 is 0 Å². The third-order valence-electron chi connectivity index (χ3n) is 3.20. The molecule has 21 heavy (non-hydrogen) atoms. The number of nitrogens with two attached hydrogens (primary N) is 1. The van der Waals surface area contributed by atoms with Gasteiger partial charge in [-0.25, -0.2) is 0 Å². The minimum Gasteiger partial charge on any atom is -0.455 e. The highest BCUT2D eigenvalue weighted by Crippen LogP contribution is 2.31. The van der Waals surface area contributed by atoms with Gasteiger partial charge in [0.2, 0.25) is 0 Å². The van der Waals surface area contributed by atoms with Gasteiger partial charge in [0, 0.05) is 24.4 Å². The van der Waals surface area contributed by atoms with Crippen molar-refractivity contribution in [3.8, 4) is 11.5 Å². The summed E-state index contributed by atoms with van der Waals surface area (Å²) < 4.78 is 11.1. The van der Waals surface area contributed by atoms with Crippen molar-refractivity contribution >= 4 is 16.6 Å². The average molecular weight is 280 g/mol. The number of fused-ring (bicyclic) bond motifs is 1. The van der Waals surface area contributed by atoms with Crippen molar-refractivity contribution in [3.63, 3.8) is 0 Å². The summed E-state index contributed by atoms with van der Waals surface area (Å²) in [5, 5.41) is 0.892. The van der Waals surface area contributed by atoms with Crippen molar-refractivity contribution in [2.45, 2.75) is 6.61 Å². The zero-order chi connectivity index (χ0) is 14.7. The molecule has 0 saturated carbocycles. The Morgan fingerprint density at radius 1 is 1.10 bits per heavy atom. The second-order valence-corrected chi connectivity index (χ2v) is 4.73. The van der Waals surface area contributed by atoms with E-state index in [-0.39, 0.29) is 0 Å². The number of hydrogen-bond acceptors (Lipinski definition) is 4. The molecule has 1 aromatic heterocycles. The van der Waals surface area contributed by atoms with Gasteiger partial charge in [0.1, 0.15) is 11.3 Å². The molecule has 0 aliphatic rings. The highest BCUT2D eigenvalue weighted by Gasteiger charge is 2.07. The fourth-order valence-corrected chi connectivity index (χ4v) is 2.24. The molecular formula is C17H16N2O2. The Labute approximate surface area is 123 Å². The van der Waals surface area contributed by atoms with E-state index in [0.717, 1.165) is 22.2 Å². The van der Waals surface area contributed by atoms with E-state index in [2.05, 4.69) is 4.98 Å². The maximum atomic E-state index is 5.97. The van der Waals surface area contributed by atoms with Crippen LogP contribution in [0.2, 0.25) is 0 Å². The molecule has 4 heteroatoms. The zero-order valence-electron chi connectivity index (χ0n) is 11.7. The van der Waals surface area contributed by atoms with E-state index < -0.39 is 0 Å². The van der Waals surface area contributed by atoms with Crippen molar-refractivity contribution in [3.05, 3.63) is 60.3 Å². The number of aromatic nitrogens is 1. The van der Waals surface area contributed by atoms with E-state index >= 15 is 0 Å². The Hall–Kier alpha value is -2.59. The van der Waals surface area contributed by atoms with E-state index in [1.165, 1.54) is 0 Å². The van der Waals surface area contributed by atoms with Gasteiger partial charge in [-0.05, 0) is 42.0 Å². The third-order valence-corrected chi connectivity index (χ3v) is 3.20. The molecule has 0 bridgehead atoms. The lowest BCUT2D eigenvalue weighted by molar-refractivity contribution is 0.184. The zero-order valence-corrected chi connectivity index (χ0v) is 11.7. The normalized spacial score (nSPS) is 10.7. The topological polar surface area (TPSA) is 57.4 Å². The van der Waals surface area contributed by atoms with Crippen LogP contribution in [0.5, 0.6) is 11.5 Å². The van der Waals surface area contributed by atoms with E-state index in [1.54, 1.807) is 13.3 Å². The first kappa shape index (κ1) is 13.4. The van der Waals surface area contributed by atoms with Gasteiger partial charge in [0.25, 0.3) is 0 Å². The molecule has 0 unspecified atom stereocenters. The van der Waals surface area contributed by atoms with Crippen LogP contribution in [0, 0.1) is 0 Å². The summed E-state index contributed by atoms with van der Waals surface area (Å²) >= 11 is 0. The Balaban J connectivity index is 1.98. The van der Waals surface area contributed by atoms with Crippen LogP contribution in [-0.4, -0.2) is 12.1 Å². The van der Waals surface area contributed by atoms with Crippen molar-refractivity contribution in [2.75, 3.05) is 12.8 Å². The molecule has 0 aliphatic carbocycles. The van der Waals surface area contributed by atoms with Gasteiger partial charge in [-0.2, -0.15) is 0 Å². The number of nitrogens with zero attached hydrogens (tertiary/aromatic N) is 1. The molecule has 106 valence electrons. The number of hydrogen-bond donors (Lipinski definition) is 1. The largest absolute Gasteiger partial charge is 0.455 e.